The van der Waals surface area contributed by atoms with E-state index in [0.717, 1.165) is 11.1 Å². The van der Waals surface area contributed by atoms with Gasteiger partial charge in [-0.3, -0.25) is 4.79 Å². The molecule has 7 nitrogen and oxygen atoms in total. The molecule has 8 heteroatoms. The quantitative estimate of drug-likeness (QED) is 0.775. The number of nitrogens with one attached hydrogen (secondary N) is 1. The SMILES string of the molecule is CN(Cc1ccc(C(N)=O)cc1)C(=O)NCCc1cc(Cl)c2c(c1)OCCO2. The van der Waals surface area contributed by atoms with Crippen molar-refractivity contribution in [1.29, 1.82) is 0 Å². The van der Waals surface area contributed by atoms with E-state index in [2.05, 4.69) is 5.32 Å². The molecule has 0 unspecified atom stereocenters. The van der Waals surface area contributed by atoms with E-state index in [0.29, 0.717) is 54.8 Å². The van der Waals surface area contributed by atoms with Crippen LogP contribution in [-0.2, 0) is 13.0 Å². The van der Waals surface area contributed by atoms with Crippen molar-refractivity contribution in [2.24, 2.45) is 5.73 Å². The summed E-state index contributed by atoms with van der Waals surface area (Å²) in [5.41, 5.74) is 7.53. The summed E-state index contributed by atoms with van der Waals surface area (Å²) in [6.07, 6.45) is 0.614. The van der Waals surface area contributed by atoms with Crippen molar-refractivity contribution >= 4 is 23.5 Å². The zero-order valence-corrected chi connectivity index (χ0v) is 16.3. The van der Waals surface area contributed by atoms with E-state index >= 15 is 0 Å². The Bertz CT molecular complexity index is 870. The predicted octanol–water partition coefficient (Wildman–Crippen LogP) is 2.59. The van der Waals surface area contributed by atoms with Crippen LogP contribution in [0.1, 0.15) is 21.5 Å². The molecule has 0 saturated heterocycles. The number of nitrogens with two attached hydrogens (primary N) is 1. The molecule has 0 saturated carbocycles. The Hall–Kier alpha value is -2.93. The van der Waals surface area contributed by atoms with Crippen LogP contribution in [0, 0.1) is 0 Å². The molecule has 1 aliphatic rings. The number of hydrogen-bond donors (Lipinski definition) is 2. The Kier molecular flexibility index (Phi) is 6.26. The molecule has 0 spiro atoms. The van der Waals surface area contributed by atoms with Crippen LogP contribution in [0.5, 0.6) is 11.5 Å². The molecule has 28 heavy (non-hydrogen) atoms. The number of nitrogens with zero attached hydrogens (tertiary/aromatic N) is 1. The molecule has 2 aromatic carbocycles. The van der Waals surface area contributed by atoms with Gasteiger partial charge in [-0.05, 0) is 41.8 Å². The molecule has 3 N–H and O–H groups in total. The maximum absolute atomic E-state index is 12.3. The summed E-state index contributed by atoms with van der Waals surface area (Å²) in [5.74, 6) is 0.733. The van der Waals surface area contributed by atoms with Crippen molar-refractivity contribution < 1.29 is 19.1 Å². The molecule has 0 atom stereocenters. The monoisotopic (exact) mass is 403 g/mol. The fourth-order valence-corrected chi connectivity index (χ4v) is 3.17. The first-order valence-corrected chi connectivity index (χ1v) is 9.27. The molecule has 3 rings (SSSR count). The van der Waals surface area contributed by atoms with Gasteiger partial charge in [0.1, 0.15) is 13.2 Å². The van der Waals surface area contributed by atoms with Gasteiger partial charge in [-0.2, -0.15) is 0 Å². The molecule has 3 amide bonds. The second-order valence-corrected chi connectivity index (χ2v) is 6.91. The molecule has 148 valence electrons. The molecule has 1 aliphatic heterocycles. The van der Waals surface area contributed by atoms with Gasteiger partial charge in [0.15, 0.2) is 11.5 Å². The zero-order valence-electron chi connectivity index (χ0n) is 15.5. The van der Waals surface area contributed by atoms with Gasteiger partial charge in [0, 0.05) is 25.7 Å². The highest BCUT2D eigenvalue weighted by Crippen LogP contribution is 2.38. The molecule has 2 aromatic rings. The molecule has 0 aromatic heterocycles. The minimum absolute atomic E-state index is 0.192. The van der Waals surface area contributed by atoms with Crippen LogP contribution in [0.25, 0.3) is 0 Å². The third-order valence-corrected chi connectivity index (χ3v) is 4.63. The van der Waals surface area contributed by atoms with Crippen molar-refractivity contribution in [2.75, 3.05) is 26.8 Å². The van der Waals surface area contributed by atoms with E-state index in [-0.39, 0.29) is 6.03 Å². The zero-order chi connectivity index (χ0) is 20.1. The van der Waals surface area contributed by atoms with Crippen LogP contribution in [-0.4, -0.2) is 43.6 Å². The van der Waals surface area contributed by atoms with E-state index in [1.807, 2.05) is 12.1 Å². The minimum Gasteiger partial charge on any atom is -0.486 e. The van der Waals surface area contributed by atoms with Crippen LogP contribution in [0.15, 0.2) is 36.4 Å². The summed E-state index contributed by atoms with van der Waals surface area (Å²) in [6.45, 7) is 1.86. The van der Waals surface area contributed by atoms with E-state index in [4.69, 9.17) is 26.8 Å². The summed E-state index contributed by atoms with van der Waals surface area (Å²) in [4.78, 5) is 25.0. The van der Waals surface area contributed by atoms with Gasteiger partial charge in [0.05, 0.1) is 5.02 Å². The lowest BCUT2D eigenvalue weighted by atomic mass is 10.1. The molecule has 0 radical (unpaired) electrons. The second-order valence-electron chi connectivity index (χ2n) is 6.50. The minimum atomic E-state index is -0.475. The number of fused-ring (bicyclic) bond motifs is 1. The largest absolute Gasteiger partial charge is 0.486 e. The number of urea groups is 1. The van der Waals surface area contributed by atoms with E-state index < -0.39 is 5.91 Å². The highest BCUT2D eigenvalue weighted by molar-refractivity contribution is 6.32. The Morgan fingerprint density at radius 2 is 1.86 bits per heavy atom. The van der Waals surface area contributed by atoms with Gasteiger partial charge in [-0.15, -0.1) is 0 Å². The molecule has 0 bridgehead atoms. The van der Waals surface area contributed by atoms with Gasteiger partial charge in [0.2, 0.25) is 5.91 Å². The molecule has 0 aliphatic carbocycles. The van der Waals surface area contributed by atoms with E-state index in [9.17, 15) is 9.59 Å². The topological polar surface area (TPSA) is 93.9 Å². The van der Waals surface area contributed by atoms with Crippen LogP contribution >= 0.6 is 11.6 Å². The van der Waals surface area contributed by atoms with Gasteiger partial charge in [0.25, 0.3) is 0 Å². The summed E-state index contributed by atoms with van der Waals surface area (Å²) >= 11 is 6.23. The highest BCUT2D eigenvalue weighted by atomic mass is 35.5. The fourth-order valence-electron chi connectivity index (χ4n) is 2.88. The van der Waals surface area contributed by atoms with Gasteiger partial charge in [-0.25, -0.2) is 4.79 Å². The van der Waals surface area contributed by atoms with E-state index in [1.54, 1.807) is 36.2 Å². The van der Waals surface area contributed by atoms with Crippen molar-refractivity contribution in [2.45, 2.75) is 13.0 Å². The Morgan fingerprint density at radius 1 is 1.14 bits per heavy atom. The lowest BCUT2D eigenvalue weighted by Crippen LogP contribution is -2.37. The standard InChI is InChI=1S/C20H22ClN3O4/c1-24(12-13-2-4-15(5-3-13)19(22)25)20(26)23-7-6-14-10-16(21)18-17(11-14)27-8-9-28-18/h2-5,10-11H,6-9,12H2,1H3,(H2,22,25)(H,23,26). The molecular weight excluding hydrogens is 382 g/mol. The molecular formula is C20H22ClN3O4. The smallest absolute Gasteiger partial charge is 0.317 e. The van der Waals surface area contributed by atoms with Crippen molar-refractivity contribution in [3.63, 3.8) is 0 Å². The maximum atomic E-state index is 12.3. The van der Waals surface area contributed by atoms with Crippen LogP contribution in [0.2, 0.25) is 5.02 Å². The fraction of sp³-hybridized carbons (Fsp3) is 0.300. The highest BCUT2D eigenvalue weighted by Gasteiger charge is 2.17. The number of carbonyl (C=O) groups excluding carboxylic acids is 2. The number of halogens is 1. The number of benzene rings is 2. The molecule has 0 fully saturated rings. The number of primary amides is 1. The van der Waals surface area contributed by atoms with Crippen molar-refractivity contribution in [1.82, 2.24) is 10.2 Å². The average Bonchev–Trinajstić information content (AvgIpc) is 2.68. The normalized spacial score (nSPS) is 12.4. The number of carbonyl (C=O) groups is 2. The van der Waals surface area contributed by atoms with Gasteiger partial charge >= 0.3 is 6.03 Å². The Morgan fingerprint density at radius 3 is 2.57 bits per heavy atom. The number of amides is 3. The second kappa shape index (κ2) is 8.84. The Labute approximate surface area is 168 Å². The van der Waals surface area contributed by atoms with Crippen molar-refractivity contribution in [3.05, 3.63) is 58.1 Å². The summed E-state index contributed by atoms with van der Waals surface area (Å²) in [7, 11) is 1.71. The van der Waals surface area contributed by atoms with Gasteiger partial charge in [-0.1, -0.05) is 23.7 Å². The summed E-state index contributed by atoms with van der Waals surface area (Å²) < 4.78 is 11.1. The summed E-state index contributed by atoms with van der Waals surface area (Å²) in [6, 6.07) is 10.4. The Balaban J connectivity index is 1.50. The van der Waals surface area contributed by atoms with Crippen LogP contribution in [0.4, 0.5) is 4.79 Å². The first-order chi connectivity index (χ1) is 13.4. The third kappa shape index (κ3) is 4.86. The first kappa shape index (κ1) is 19.8. The van der Waals surface area contributed by atoms with Crippen LogP contribution < -0.4 is 20.5 Å². The van der Waals surface area contributed by atoms with Crippen LogP contribution in [0.3, 0.4) is 0 Å². The predicted molar refractivity (Wildman–Crippen MR) is 106 cm³/mol. The van der Waals surface area contributed by atoms with Crippen molar-refractivity contribution in [3.8, 4) is 11.5 Å². The lowest BCUT2D eigenvalue weighted by Gasteiger charge is -2.21. The first-order valence-electron chi connectivity index (χ1n) is 8.90. The average molecular weight is 404 g/mol. The summed E-state index contributed by atoms with van der Waals surface area (Å²) in [5, 5.41) is 3.39. The number of hydrogen-bond acceptors (Lipinski definition) is 4. The maximum Gasteiger partial charge on any atom is 0.317 e. The van der Waals surface area contributed by atoms with E-state index in [1.165, 1.54) is 0 Å². The number of ether oxygens (including phenoxy) is 2. The number of rotatable bonds is 6. The lowest BCUT2D eigenvalue weighted by molar-refractivity contribution is 0.1000. The third-order valence-electron chi connectivity index (χ3n) is 4.35. The molecule has 1 heterocycles. The van der Waals surface area contributed by atoms with Gasteiger partial charge < -0.3 is 25.4 Å².